The number of nitrogens with one attached hydrogen (secondary N) is 1. The number of aromatic nitrogens is 1. The smallest absolute Gasteiger partial charge is 0.210 e. The fourth-order valence-electron chi connectivity index (χ4n) is 1.41. The Hall–Kier alpha value is -1.35. The summed E-state index contributed by atoms with van der Waals surface area (Å²) in [6.45, 7) is 1.80. The molecule has 0 unspecified atom stereocenters. The van der Waals surface area contributed by atoms with Crippen LogP contribution in [-0.2, 0) is 0 Å². The third-order valence-corrected chi connectivity index (χ3v) is 2.43. The van der Waals surface area contributed by atoms with Gasteiger partial charge in [-0.3, -0.25) is 4.79 Å². The molecule has 0 amide bonds. The summed E-state index contributed by atoms with van der Waals surface area (Å²) in [6, 6.07) is 2.88. The second kappa shape index (κ2) is 3.10. The lowest BCUT2D eigenvalue weighted by atomic mass is 10.1. The molecule has 0 aliphatic rings. The van der Waals surface area contributed by atoms with Gasteiger partial charge < -0.3 is 4.98 Å². The third-order valence-electron chi connectivity index (χ3n) is 2.15. The van der Waals surface area contributed by atoms with E-state index in [0.29, 0.717) is 5.52 Å². The molecule has 0 saturated carbocycles. The van der Waals surface area contributed by atoms with Crippen LogP contribution < -0.4 is 5.43 Å². The summed E-state index contributed by atoms with van der Waals surface area (Å²) in [5.74, 6) is -0.547. The van der Waals surface area contributed by atoms with Crippen LogP contribution in [0.4, 0.5) is 4.39 Å². The predicted molar refractivity (Wildman–Crippen MR) is 54.3 cm³/mol. The first-order valence-electron chi connectivity index (χ1n) is 4.07. The van der Waals surface area contributed by atoms with Crippen molar-refractivity contribution in [1.82, 2.24) is 4.98 Å². The Morgan fingerprint density at radius 3 is 2.86 bits per heavy atom. The third kappa shape index (κ3) is 1.21. The van der Waals surface area contributed by atoms with E-state index in [1.807, 2.05) is 0 Å². The second-order valence-electron chi connectivity index (χ2n) is 3.08. The Bertz CT molecular complexity index is 562. The molecule has 1 aromatic carbocycles. The number of benzene rings is 1. The maximum atomic E-state index is 13.3. The van der Waals surface area contributed by atoms with Gasteiger partial charge in [-0.1, -0.05) is 17.7 Å². The molecule has 0 aliphatic heterocycles. The number of hydrogen-bond donors (Lipinski definition) is 1. The van der Waals surface area contributed by atoms with Crippen molar-refractivity contribution in [2.45, 2.75) is 6.92 Å². The monoisotopic (exact) mass is 211 g/mol. The van der Waals surface area contributed by atoms with E-state index in [4.69, 9.17) is 11.6 Å². The first-order valence-corrected chi connectivity index (χ1v) is 4.45. The van der Waals surface area contributed by atoms with Crippen molar-refractivity contribution in [2.75, 3.05) is 0 Å². The lowest BCUT2D eigenvalue weighted by Gasteiger charge is -2.02. The Balaban J connectivity index is 3.09. The second-order valence-corrected chi connectivity index (χ2v) is 3.49. The maximum Gasteiger partial charge on any atom is 0.210 e. The molecule has 72 valence electrons. The van der Waals surface area contributed by atoms with Gasteiger partial charge in [-0.05, 0) is 18.6 Å². The van der Waals surface area contributed by atoms with Crippen molar-refractivity contribution in [3.8, 4) is 0 Å². The summed E-state index contributed by atoms with van der Waals surface area (Å²) >= 11 is 5.60. The van der Waals surface area contributed by atoms with Crippen molar-refractivity contribution in [2.24, 2.45) is 0 Å². The van der Waals surface area contributed by atoms with E-state index in [-0.39, 0.29) is 10.4 Å². The molecular weight excluding hydrogens is 205 g/mol. The zero-order valence-corrected chi connectivity index (χ0v) is 8.15. The molecule has 0 aliphatic carbocycles. The highest BCUT2D eigenvalue weighted by atomic mass is 35.5. The normalized spacial score (nSPS) is 10.8. The highest BCUT2D eigenvalue weighted by molar-refractivity contribution is 6.31. The van der Waals surface area contributed by atoms with Crippen LogP contribution >= 0.6 is 11.6 Å². The van der Waals surface area contributed by atoms with Crippen LogP contribution in [0.25, 0.3) is 10.9 Å². The lowest BCUT2D eigenvalue weighted by molar-refractivity contribution is 0.638. The van der Waals surface area contributed by atoms with E-state index < -0.39 is 11.2 Å². The van der Waals surface area contributed by atoms with E-state index in [9.17, 15) is 9.18 Å². The first-order chi connectivity index (χ1) is 6.61. The molecule has 4 heteroatoms. The van der Waals surface area contributed by atoms with Gasteiger partial charge in [0.15, 0.2) is 0 Å². The SMILES string of the molecule is Cc1ccc(F)c2c(=O)c(Cl)c[nH]c12. The van der Waals surface area contributed by atoms with E-state index in [2.05, 4.69) is 4.98 Å². The molecule has 0 fully saturated rings. The summed E-state index contributed by atoms with van der Waals surface area (Å²) in [5, 5.41) is 0.0273. The molecule has 14 heavy (non-hydrogen) atoms. The van der Waals surface area contributed by atoms with Gasteiger partial charge in [0.05, 0.1) is 10.9 Å². The van der Waals surface area contributed by atoms with Gasteiger partial charge in [-0.2, -0.15) is 0 Å². The quantitative estimate of drug-likeness (QED) is 0.714. The van der Waals surface area contributed by atoms with Gasteiger partial charge in [0, 0.05) is 6.20 Å². The van der Waals surface area contributed by atoms with Crippen LogP contribution in [0, 0.1) is 12.7 Å². The van der Waals surface area contributed by atoms with Crippen LogP contribution in [0.3, 0.4) is 0 Å². The Morgan fingerprint density at radius 1 is 1.43 bits per heavy atom. The zero-order valence-electron chi connectivity index (χ0n) is 7.40. The summed E-state index contributed by atoms with van der Waals surface area (Å²) in [4.78, 5) is 14.3. The molecule has 0 atom stereocenters. The van der Waals surface area contributed by atoms with Crippen LogP contribution in [0.2, 0.25) is 5.02 Å². The molecular formula is C10H7ClFNO. The topological polar surface area (TPSA) is 32.9 Å². The maximum absolute atomic E-state index is 13.3. The Kier molecular flexibility index (Phi) is 2.04. The Morgan fingerprint density at radius 2 is 2.14 bits per heavy atom. The van der Waals surface area contributed by atoms with Crippen LogP contribution in [0.5, 0.6) is 0 Å². The summed E-state index contributed by atoms with van der Waals surface area (Å²) in [6.07, 6.45) is 1.37. The zero-order chi connectivity index (χ0) is 10.3. The molecule has 2 rings (SSSR count). The van der Waals surface area contributed by atoms with Gasteiger partial charge >= 0.3 is 0 Å². The molecule has 2 nitrogen and oxygen atoms in total. The van der Waals surface area contributed by atoms with E-state index in [0.717, 1.165) is 5.56 Å². The average molecular weight is 212 g/mol. The highest BCUT2D eigenvalue weighted by Crippen LogP contribution is 2.17. The summed E-state index contributed by atoms with van der Waals surface area (Å²) in [7, 11) is 0. The summed E-state index contributed by atoms with van der Waals surface area (Å²) < 4.78 is 13.3. The first kappa shape index (κ1) is 9.21. The van der Waals surface area contributed by atoms with Crippen LogP contribution in [-0.4, -0.2) is 4.98 Å². The van der Waals surface area contributed by atoms with Crippen LogP contribution in [0.15, 0.2) is 23.1 Å². The molecule has 0 radical (unpaired) electrons. The number of rotatable bonds is 0. The van der Waals surface area contributed by atoms with Gasteiger partial charge in [-0.25, -0.2) is 4.39 Å². The number of hydrogen-bond acceptors (Lipinski definition) is 1. The molecule has 0 saturated heterocycles. The number of fused-ring (bicyclic) bond motifs is 1. The molecule has 1 heterocycles. The van der Waals surface area contributed by atoms with E-state index in [1.54, 1.807) is 13.0 Å². The van der Waals surface area contributed by atoms with Crippen molar-refractivity contribution in [3.63, 3.8) is 0 Å². The number of halogens is 2. The number of aryl methyl sites for hydroxylation is 1. The molecule has 2 aromatic rings. The fraction of sp³-hybridized carbons (Fsp3) is 0.100. The van der Waals surface area contributed by atoms with Crippen LogP contribution in [0.1, 0.15) is 5.56 Å². The molecule has 1 N–H and O–H groups in total. The largest absolute Gasteiger partial charge is 0.359 e. The van der Waals surface area contributed by atoms with E-state index in [1.165, 1.54) is 12.3 Å². The van der Waals surface area contributed by atoms with Crippen molar-refractivity contribution < 1.29 is 4.39 Å². The van der Waals surface area contributed by atoms with Crippen molar-refractivity contribution in [1.29, 1.82) is 0 Å². The van der Waals surface area contributed by atoms with Crippen molar-refractivity contribution >= 4 is 22.5 Å². The number of aromatic amines is 1. The van der Waals surface area contributed by atoms with Gasteiger partial charge in [0.1, 0.15) is 10.8 Å². The highest BCUT2D eigenvalue weighted by Gasteiger charge is 2.09. The van der Waals surface area contributed by atoms with Gasteiger partial charge in [0.2, 0.25) is 5.43 Å². The molecule has 0 bridgehead atoms. The Labute approximate surface area is 84.3 Å². The van der Waals surface area contributed by atoms with E-state index >= 15 is 0 Å². The molecule has 0 spiro atoms. The minimum absolute atomic E-state index is 0.00185. The lowest BCUT2D eigenvalue weighted by Crippen LogP contribution is -2.06. The minimum Gasteiger partial charge on any atom is -0.359 e. The minimum atomic E-state index is -0.547. The van der Waals surface area contributed by atoms with Crippen molar-refractivity contribution in [3.05, 3.63) is 45.0 Å². The standard InChI is InChI=1S/C10H7ClFNO/c1-5-2-3-7(12)8-9(5)13-4-6(11)10(8)14/h2-4H,1H3,(H,13,14). The number of H-pyrrole nitrogens is 1. The fourth-order valence-corrected chi connectivity index (χ4v) is 1.56. The number of pyridine rings is 1. The summed E-state index contributed by atoms with van der Waals surface area (Å²) in [5.41, 5.74) is 0.844. The van der Waals surface area contributed by atoms with Gasteiger partial charge in [0.25, 0.3) is 0 Å². The average Bonchev–Trinajstić information content (AvgIpc) is 2.16. The van der Waals surface area contributed by atoms with Gasteiger partial charge in [-0.15, -0.1) is 0 Å². The predicted octanol–water partition coefficient (Wildman–Crippen LogP) is 2.63. The molecule has 1 aromatic heterocycles.